The number of ether oxygens (including phenoxy) is 3. The van der Waals surface area contributed by atoms with Crippen molar-refractivity contribution in [3.63, 3.8) is 0 Å². The van der Waals surface area contributed by atoms with E-state index in [-0.39, 0.29) is 11.9 Å². The number of nitrogens with one attached hydrogen (secondary N) is 1. The fraction of sp³-hybridized carbons (Fsp3) is 0.943. The maximum atomic E-state index is 12.1. The van der Waals surface area contributed by atoms with Crippen LogP contribution in [0.5, 0.6) is 0 Å². The van der Waals surface area contributed by atoms with Crippen LogP contribution in [-0.2, 0) is 28.6 Å². The van der Waals surface area contributed by atoms with Gasteiger partial charge in [0, 0.05) is 39.0 Å². The van der Waals surface area contributed by atoms with E-state index in [2.05, 4.69) is 46.9 Å². The lowest BCUT2D eigenvalue weighted by Crippen LogP contribution is -2.30. The molecule has 7 heteroatoms. The molecule has 0 spiro atoms. The first kappa shape index (κ1) is 60.6. The molecule has 0 bridgehead atoms. The number of carbonyl (C=O) groups is 3. The van der Waals surface area contributed by atoms with Crippen LogP contribution in [0.3, 0.4) is 0 Å². The Morgan fingerprint density at radius 1 is 0.450 bits per heavy atom. The molecule has 0 aliphatic carbocycles. The average molecular weight is 852 g/mol. The predicted octanol–water partition coefficient (Wildman–Crippen LogP) is 15.5. The summed E-state index contributed by atoms with van der Waals surface area (Å²) in [5.74, 6) is 1.82. The van der Waals surface area contributed by atoms with Crippen molar-refractivity contribution in [2.75, 3.05) is 33.5 Å². The third kappa shape index (κ3) is 44.6. The predicted molar refractivity (Wildman–Crippen MR) is 258 cm³/mol. The van der Waals surface area contributed by atoms with E-state index in [1.807, 2.05) is 7.11 Å². The third-order valence-electron chi connectivity index (χ3n) is 12.4. The highest BCUT2D eigenvalue weighted by Crippen LogP contribution is 2.19. The van der Waals surface area contributed by atoms with E-state index in [1.54, 1.807) is 0 Å². The van der Waals surface area contributed by atoms with Crippen molar-refractivity contribution in [1.82, 2.24) is 5.32 Å². The van der Waals surface area contributed by atoms with Gasteiger partial charge in [-0.1, -0.05) is 183 Å². The number of esters is 2. The van der Waals surface area contributed by atoms with Gasteiger partial charge >= 0.3 is 11.9 Å². The number of aldehydes is 1. The van der Waals surface area contributed by atoms with Gasteiger partial charge in [0.15, 0.2) is 0 Å². The van der Waals surface area contributed by atoms with Crippen LogP contribution >= 0.6 is 0 Å². The van der Waals surface area contributed by atoms with E-state index in [0.29, 0.717) is 50.4 Å². The summed E-state index contributed by atoms with van der Waals surface area (Å²) >= 11 is 0. The maximum absolute atomic E-state index is 12.1. The van der Waals surface area contributed by atoms with Crippen LogP contribution < -0.4 is 5.32 Å². The number of unbranched alkanes of at least 4 members (excludes halogenated alkanes) is 18. The molecule has 0 radical (unpaired) electrons. The summed E-state index contributed by atoms with van der Waals surface area (Å²) in [7, 11) is 1.82. The van der Waals surface area contributed by atoms with Gasteiger partial charge < -0.3 is 24.3 Å². The maximum Gasteiger partial charge on any atom is 0.305 e. The van der Waals surface area contributed by atoms with E-state index in [1.165, 1.54) is 141 Å². The zero-order valence-electron chi connectivity index (χ0n) is 41.4. The molecule has 1 N–H and O–H groups in total. The number of hydrogen-bond acceptors (Lipinski definition) is 7. The van der Waals surface area contributed by atoms with Crippen LogP contribution in [0.1, 0.15) is 266 Å². The van der Waals surface area contributed by atoms with Gasteiger partial charge in [-0.05, 0) is 88.5 Å². The molecule has 3 atom stereocenters. The van der Waals surface area contributed by atoms with Gasteiger partial charge in [-0.2, -0.15) is 0 Å². The smallest absolute Gasteiger partial charge is 0.305 e. The van der Waals surface area contributed by atoms with Crippen molar-refractivity contribution in [2.45, 2.75) is 272 Å². The van der Waals surface area contributed by atoms with E-state index in [0.717, 1.165) is 89.6 Å². The zero-order valence-corrected chi connectivity index (χ0v) is 41.4. The van der Waals surface area contributed by atoms with Gasteiger partial charge in [0.05, 0.1) is 13.2 Å². The average Bonchev–Trinajstić information content (AvgIpc) is 3.25. The highest BCUT2D eigenvalue weighted by Gasteiger charge is 2.12. The Balaban J connectivity index is 0. The Morgan fingerprint density at radius 3 is 1.28 bits per heavy atom. The SMILES string of the molecule is CCCCC(CC)COC(=O)CCCCCCCCC(CCCCCCCCC(=O)OCC(CC)CCCC)NCCCCC=O.CCCCCCC(CCCC)COC. The quantitative estimate of drug-likeness (QED) is 0.0370. The van der Waals surface area contributed by atoms with Gasteiger partial charge in [0.25, 0.3) is 0 Å². The summed E-state index contributed by atoms with van der Waals surface area (Å²) < 4.78 is 16.3. The number of methoxy groups -OCH3 is 1. The second-order valence-electron chi connectivity index (χ2n) is 18.1. The van der Waals surface area contributed by atoms with Crippen LogP contribution in [0, 0.1) is 17.8 Å². The lowest BCUT2D eigenvalue weighted by atomic mass is 9.96. The first-order valence-electron chi connectivity index (χ1n) is 26.3. The minimum absolute atomic E-state index is 0.0182. The fourth-order valence-corrected chi connectivity index (χ4v) is 8.00. The van der Waals surface area contributed by atoms with Gasteiger partial charge in [0.1, 0.15) is 6.29 Å². The summed E-state index contributed by atoms with van der Waals surface area (Å²) in [6.45, 7) is 16.5. The molecular formula is C53H105NO6. The van der Waals surface area contributed by atoms with Crippen LogP contribution in [0.25, 0.3) is 0 Å². The Morgan fingerprint density at radius 2 is 0.850 bits per heavy atom. The second kappa shape index (κ2) is 50.2. The molecule has 60 heavy (non-hydrogen) atoms. The van der Waals surface area contributed by atoms with E-state index in [9.17, 15) is 14.4 Å². The Kier molecular flexibility index (Phi) is 50.7. The van der Waals surface area contributed by atoms with Crippen molar-refractivity contribution >= 4 is 18.2 Å². The van der Waals surface area contributed by atoms with Crippen LogP contribution in [0.15, 0.2) is 0 Å². The molecular weight excluding hydrogens is 747 g/mol. The van der Waals surface area contributed by atoms with Crippen LogP contribution in [0.2, 0.25) is 0 Å². The molecule has 0 heterocycles. The topological polar surface area (TPSA) is 90.9 Å². The molecule has 0 saturated carbocycles. The normalized spacial score (nSPS) is 13.2. The molecule has 0 saturated heterocycles. The molecule has 0 aromatic rings. The first-order chi connectivity index (χ1) is 29.3. The minimum Gasteiger partial charge on any atom is -0.465 e. The van der Waals surface area contributed by atoms with Crippen molar-refractivity contribution in [3.05, 3.63) is 0 Å². The largest absolute Gasteiger partial charge is 0.465 e. The number of hydrogen-bond donors (Lipinski definition) is 1. The summed E-state index contributed by atoms with van der Waals surface area (Å²) in [6, 6.07) is 0.564. The first-order valence-corrected chi connectivity index (χ1v) is 26.3. The van der Waals surface area contributed by atoms with Crippen molar-refractivity contribution in [3.8, 4) is 0 Å². The molecule has 0 aliphatic heterocycles. The monoisotopic (exact) mass is 852 g/mol. The van der Waals surface area contributed by atoms with Crippen molar-refractivity contribution in [1.29, 1.82) is 0 Å². The third-order valence-corrected chi connectivity index (χ3v) is 12.4. The molecule has 0 fully saturated rings. The zero-order chi connectivity index (χ0) is 44.6. The molecule has 3 unspecified atom stereocenters. The highest BCUT2D eigenvalue weighted by atomic mass is 16.5. The lowest BCUT2D eigenvalue weighted by Gasteiger charge is -2.19. The summed E-state index contributed by atoms with van der Waals surface area (Å²) in [5, 5.41) is 3.78. The van der Waals surface area contributed by atoms with Crippen molar-refractivity contribution < 1.29 is 28.6 Å². The minimum atomic E-state index is -0.0182. The van der Waals surface area contributed by atoms with E-state index >= 15 is 0 Å². The molecule has 0 aliphatic rings. The molecule has 0 aromatic heterocycles. The van der Waals surface area contributed by atoms with Crippen LogP contribution in [-0.4, -0.2) is 57.7 Å². The Labute approximate surface area is 374 Å². The van der Waals surface area contributed by atoms with Gasteiger partial charge in [-0.15, -0.1) is 0 Å². The standard InChI is InChI=1S/C40H77NO5.C13H28O/c1-5-9-26-36(7-3)34-45-39(43)30-22-17-13-11-15-20-28-38(41-32-24-19-25-33-42)29-21-16-12-14-18-23-31-40(44)46-35-37(8-4)27-10-6-2;1-4-6-8-9-11-13(12-14-3)10-7-5-2/h33,36-38,41H,5-32,34-35H2,1-4H3;13H,4-12H2,1-3H3. The fourth-order valence-electron chi connectivity index (χ4n) is 8.00. The summed E-state index contributed by atoms with van der Waals surface area (Å²) in [6.07, 6.45) is 41.5. The Hall–Kier alpha value is -1.47. The Bertz CT molecular complexity index is 835. The van der Waals surface area contributed by atoms with E-state index in [4.69, 9.17) is 14.2 Å². The molecule has 358 valence electrons. The molecule has 7 nitrogen and oxygen atoms in total. The number of carbonyl (C=O) groups excluding carboxylic acids is 3. The molecule has 0 aromatic carbocycles. The summed E-state index contributed by atoms with van der Waals surface area (Å²) in [5.41, 5.74) is 0. The molecule has 0 rings (SSSR count). The summed E-state index contributed by atoms with van der Waals surface area (Å²) in [4.78, 5) is 34.8. The second-order valence-corrected chi connectivity index (χ2v) is 18.1. The van der Waals surface area contributed by atoms with E-state index < -0.39 is 0 Å². The number of rotatable bonds is 46. The van der Waals surface area contributed by atoms with Gasteiger partial charge in [0.2, 0.25) is 0 Å². The van der Waals surface area contributed by atoms with Gasteiger partial charge in [-0.25, -0.2) is 0 Å². The van der Waals surface area contributed by atoms with Crippen molar-refractivity contribution in [2.24, 2.45) is 17.8 Å². The lowest BCUT2D eigenvalue weighted by molar-refractivity contribution is -0.146. The molecule has 0 amide bonds. The highest BCUT2D eigenvalue weighted by molar-refractivity contribution is 5.69. The van der Waals surface area contributed by atoms with Gasteiger partial charge in [-0.3, -0.25) is 9.59 Å². The van der Waals surface area contributed by atoms with Crippen LogP contribution in [0.4, 0.5) is 0 Å².